The molecule has 168 valence electrons. The third-order valence-electron chi connectivity index (χ3n) is 5.79. The summed E-state index contributed by atoms with van der Waals surface area (Å²) in [6.07, 6.45) is -5.97. The highest BCUT2D eigenvalue weighted by molar-refractivity contribution is 9.10. The number of alkyl halides is 3. The number of amides is 2. The molecular formula is C24H16BrF3N2O3. The van der Waals surface area contributed by atoms with Gasteiger partial charge in [0, 0.05) is 4.47 Å². The molecule has 0 N–H and O–H groups in total. The minimum Gasteiger partial charge on any atom is -0.273 e. The summed E-state index contributed by atoms with van der Waals surface area (Å²) in [6.45, 7) is 0. The SMILES string of the molecule is O=C1C2ON(c3ccccc3)C(c3ccc(Br)cc3)C2C(=O)N1c1ccccc1C(F)(F)F. The van der Waals surface area contributed by atoms with Crippen molar-refractivity contribution in [2.45, 2.75) is 18.3 Å². The van der Waals surface area contributed by atoms with Crippen LogP contribution in [0.15, 0.2) is 83.3 Å². The van der Waals surface area contributed by atoms with E-state index in [4.69, 9.17) is 4.84 Å². The quantitative estimate of drug-likeness (QED) is 0.430. The fraction of sp³-hybridized carbons (Fsp3) is 0.167. The fourth-order valence-electron chi connectivity index (χ4n) is 4.36. The topological polar surface area (TPSA) is 49.9 Å². The van der Waals surface area contributed by atoms with Gasteiger partial charge in [0.1, 0.15) is 5.92 Å². The maximum atomic E-state index is 13.6. The maximum Gasteiger partial charge on any atom is 0.418 e. The Morgan fingerprint density at radius 3 is 2.12 bits per heavy atom. The van der Waals surface area contributed by atoms with Crippen LogP contribution in [0.1, 0.15) is 17.2 Å². The molecule has 3 atom stereocenters. The van der Waals surface area contributed by atoms with Gasteiger partial charge < -0.3 is 0 Å². The summed E-state index contributed by atoms with van der Waals surface area (Å²) in [4.78, 5) is 33.4. The van der Waals surface area contributed by atoms with Gasteiger partial charge in [0.15, 0.2) is 6.10 Å². The molecule has 2 saturated heterocycles. The molecule has 2 aliphatic heterocycles. The molecule has 5 nitrogen and oxygen atoms in total. The zero-order valence-electron chi connectivity index (χ0n) is 16.9. The van der Waals surface area contributed by atoms with Crippen molar-refractivity contribution in [3.8, 4) is 0 Å². The van der Waals surface area contributed by atoms with Gasteiger partial charge in [0.05, 0.1) is 23.0 Å². The van der Waals surface area contributed by atoms with Gasteiger partial charge in [-0.3, -0.25) is 14.4 Å². The summed E-state index contributed by atoms with van der Waals surface area (Å²) >= 11 is 3.38. The summed E-state index contributed by atoms with van der Waals surface area (Å²) in [5.74, 6) is -2.56. The predicted molar refractivity (Wildman–Crippen MR) is 118 cm³/mol. The summed E-state index contributed by atoms with van der Waals surface area (Å²) in [5.41, 5.74) is -0.213. The van der Waals surface area contributed by atoms with Crippen LogP contribution in [0.25, 0.3) is 0 Å². The zero-order valence-corrected chi connectivity index (χ0v) is 18.5. The molecule has 2 fully saturated rings. The Hall–Kier alpha value is -3.17. The van der Waals surface area contributed by atoms with Crippen molar-refractivity contribution in [2.75, 3.05) is 9.96 Å². The van der Waals surface area contributed by atoms with Crippen LogP contribution in [0.5, 0.6) is 0 Å². The first kappa shape index (κ1) is 21.7. The number of benzene rings is 3. The van der Waals surface area contributed by atoms with Gasteiger partial charge in [-0.2, -0.15) is 13.2 Å². The number of carbonyl (C=O) groups excluding carboxylic acids is 2. The van der Waals surface area contributed by atoms with Crippen LogP contribution in [-0.4, -0.2) is 17.9 Å². The van der Waals surface area contributed by atoms with E-state index in [1.807, 2.05) is 6.07 Å². The number of hydrogen-bond donors (Lipinski definition) is 0. The molecule has 3 unspecified atom stereocenters. The van der Waals surface area contributed by atoms with E-state index < -0.39 is 47.3 Å². The number of carbonyl (C=O) groups is 2. The van der Waals surface area contributed by atoms with E-state index in [9.17, 15) is 22.8 Å². The van der Waals surface area contributed by atoms with Gasteiger partial charge in [-0.1, -0.05) is 58.4 Å². The smallest absolute Gasteiger partial charge is 0.273 e. The summed E-state index contributed by atoms with van der Waals surface area (Å²) in [7, 11) is 0. The molecule has 2 heterocycles. The van der Waals surface area contributed by atoms with E-state index in [1.54, 1.807) is 48.5 Å². The fourth-order valence-corrected chi connectivity index (χ4v) is 4.62. The Balaban J connectivity index is 1.60. The molecule has 3 aromatic rings. The van der Waals surface area contributed by atoms with Gasteiger partial charge in [-0.25, -0.2) is 9.96 Å². The average molecular weight is 517 g/mol. The lowest BCUT2D eigenvalue weighted by Crippen LogP contribution is -2.38. The number of hydroxylamine groups is 1. The van der Waals surface area contributed by atoms with E-state index in [-0.39, 0.29) is 0 Å². The number of nitrogens with zero attached hydrogens (tertiary/aromatic N) is 2. The molecule has 0 spiro atoms. The first-order chi connectivity index (χ1) is 15.8. The van der Waals surface area contributed by atoms with Crippen molar-refractivity contribution >= 4 is 39.1 Å². The summed E-state index contributed by atoms with van der Waals surface area (Å²) in [6, 6.07) is 20.0. The monoisotopic (exact) mass is 516 g/mol. The molecule has 0 aliphatic carbocycles. The number of rotatable bonds is 3. The number of fused-ring (bicyclic) bond motifs is 1. The van der Waals surface area contributed by atoms with Crippen molar-refractivity contribution in [3.63, 3.8) is 0 Å². The average Bonchev–Trinajstić information content (AvgIpc) is 3.30. The highest BCUT2D eigenvalue weighted by Crippen LogP contribution is 2.49. The molecule has 3 aromatic carbocycles. The maximum absolute atomic E-state index is 13.6. The van der Waals surface area contributed by atoms with Crippen LogP contribution in [-0.2, 0) is 20.6 Å². The van der Waals surface area contributed by atoms with Gasteiger partial charge in [0.25, 0.3) is 5.91 Å². The summed E-state index contributed by atoms with van der Waals surface area (Å²) in [5, 5.41) is 1.50. The van der Waals surface area contributed by atoms with Crippen molar-refractivity contribution in [1.29, 1.82) is 0 Å². The first-order valence-electron chi connectivity index (χ1n) is 10.1. The Morgan fingerprint density at radius 1 is 0.818 bits per heavy atom. The highest BCUT2D eigenvalue weighted by Gasteiger charge is 2.61. The third kappa shape index (κ3) is 3.61. The second-order valence-electron chi connectivity index (χ2n) is 7.74. The van der Waals surface area contributed by atoms with E-state index in [0.29, 0.717) is 16.2 Å². The molecule has 2 aliphatic rings. The minimum absolute atomic E-state index is 0.487. The Kier molecular flexibility index (Phi) is 5.25. The first-order valence-corrected chi connectivity index (χ1v) is 10.9. The molecule has 5 rings (SSSR count). The molecule has 0 saturated carbocycles. The lowest BCUT2D eigenvalue weighted by Gasteiger charge is -2.29. The van der Waals surface area contributed by atoms with E-state index >= 15 is 0 Å². The Bertz CT molecular complexity index is 1220. The van der Waals surface area contributed by atoms with E-state index in [1.165, 1.54) is 17.2 Å². The Labute approximate surface area is 195 Å². The van der Waals surface area contributed by atoms with Gasteiger partial charge in [0.2, 0.25) is 5.91 Å². The standard InChI is InChI=1S/C24H16BrF3N2O3/c25-15-12-10-14(11-13-15)20-19-21(33-30(20)16-6-2-1-3-7-16)23(32)29(22(19)31)18-9-5-4-8-17(18)24(26,27)28/h1-13,19-21H. The normalized spacial score (nSPS) is 22.7. The van der Waals surface area contributed by atoms with E-state index in [2.05, 4.69) is 15.9 Å². The lowest BCUT2D eigenvalue weighted by atomic mass is 9.90. The van der Waals surface area contributed by atoms with Crippen LogP contribution in [0.2, 0.25) is 0 Å². The molecule has 2 amide bonds. The van der Waals surface area contributed by atoms with Gasteiger partial charge in [-0.15, -0.1) is 0 Å². The minimum atomic E-state index is -4.73. The van der Waals surface area contributed by atoms with Crippen LogP contribution in [0.3, 0.4) is 0 Å². The number of halogens is 4. The zero-order chi connectivity index (χ0) is 23.3. The molecule has 0 radical (unpaired) electrons. The van der Waals surface area contributed by atoms with Crippen LogP contribution < -0.4 is 9.96 Å². The molecule has 9 heteroatoms. The largest absolute Gasteiger partial charge is 0.418 e. The van der Waals surface area contributed by atoms with Gasteiger partial charge >= 0.3 is 6.18 Å². The lowest BCUT2D eigenvalue weighted by molar-refractivity contribution is -0.137. The molecule has 0 bridgehead atoms. The van der Waals surface area contributed by atoms with Crippen LogP contribution >= 0.6 is 15.9 Å². The van der Waals surface area contributed by atoms with Gasteiger partial charge in [-0.05, 0) is 42.0 Å². The van der Waals surface area contributed by atoms with Crippen molar-refractivity contribution < 1.29 is 27.6 Å². The number of anilines is 2. The van der Waals surface area contributed by atoms with E-state index in [0.717, 1.165) is 16.6 Å². The van der Waals surface area contributed by atoms with Crippen LogP contribution in [0, 0.1) is 5.92 Å². The Morgan fingerprint density at radius 2 is 1.45 bits per heavy atom. The number of hydrogen-bond acceptors (Lipinski definition) is 4. The van der Waals surface area contributed by atoms with Crippen molar-refractivity contribution in [2.24, 2.45) is 5.92 Å². The molecule has 33 heavy (non-hydrogen) atoms. The third-order valence-corrected chi connectivity index (χ3v) is 6.32. The number of imide groups is 1. The van der Waals surface area contributed by atoms with Crippen molar-refractivity contribution in [1.82, 2.24) is 0 Å². The highest BCUT2D eigenvalue weighted by atomic mass is 79.9. The summed E-state index contributed by atoms with van der Waals surface area (Å²) < 4.78 is 41.7. The van der Waals surface area contributed by atoms with Crippen LogP contribution in [0.4, 0.5) is 24.5 Å². The number of para-hydroxylation sites is 2. The second kappa shape index (κ2) is 8.00. The molecular weight excluding hydrogens is 501 g/mol. The molecule has 0 aromatic heterocycles. The second-order valence-corrected chi connectivity index (χ2v) is 8.65. The van der Waals surface area contributed by atoms with Crippen molar-refractivity contribution in [3.05, 3.63) is 94.5 Å². The predicted octanol–water partition coefficient (Wildman–Crippen LogP) is 5.52.